The summed E-state index contributed by atoms with van der Waals surface area (Å²) < 4.78 is 6.52. The van der Waals surface area contributed by atoms with Crippen molar-refractivity contribution in [3.8, 4) is 0 Å². The third-order valence-corrected chi connectivity index (χ3v) is 2.67. The third kappa shape index (κ3) is 3.16. The van der Waals surface area contributed by atoms with E-state index in [2.05, 4.69) is 20.6 Å². The number of carbonyl (C=O) groups is 1. The zero-order valence-corrected chi connectivity index (χ0v) is 10.8. The monoisotopic (exact) mass is 265 g/mol. The molecular weight excluding hydrogens is 250 g/mol. The molecule has 2 rings (SSSR count). The number of nitrogens with zero attached hydrogens (tertiary/aromatic N) is 4. The molecule has 2 N–H and O–H groups in total. The van der Waals surface area contributed by atoms with Gasteiger partial charge in [0.2, 0.25) is 5.89 Å². The SMILES string of the molecule is Cc1noc(CCNCc2c(C(=O)O)cnn2C)n1. The Kier molecular flexibility index (Phi) is 3.91. The highest BCUT2D eigenvalue weighted by Gasteiger charge is 2.14. The van der Waals surface area contributed by atoms with E-state index in [0.717, 1.165) is 0 Å². The van der Waals surface area contributed by atoms with E-state index >= 15 is 0 Å². The summed E-state index contributed by atoms with van der Waals surface area (Å²) in [5, 5.41) is 19.8. The van der Waals surface area contributed by atoms with Crippen molar-refractivity contribution in [2.45, 2.75) is 19.9 Å². The third-order valence-electron chi connectivity index (χ3n) is 2.67. The summed E-state index contributed by atoms with van der Waals surface area (Å²) in [5.41, 5.74) is 0.845. The first-order chi connectivity index (χ1) is 9.08. The van der Waals surface area contributed by atoms with Gasteiger partial charge in [-0.15, -0.1) is 0 Å². The highest BCUT2D eigenvalue weighted by Crippen LogP contribution is 2.07. The molecule has 0 spiro atoms. The summed E-state index contributed by atoms with van der Waals surface area (Å²) in [6.45, 7) is 2.80. The second-order valence-electron chi connectivity index (χ2n) is 4.10. The first-order valence-electron chi connectivity index (χ1n) is 5.82. The standard InChI is InChI=1S/C11H15N5O3/c1-7-14-10(19-15-7)3-4-12-6-9-8(11(17)18)5-13-16(9)2/h5,12H,3-4,6H2,1-2H3,(H,17,18). The lowest BCUT2D eigenvalue weighted by molar-refractivity contribution is 0.0695. The number of hydrogen-bond acceptors (Lipinski definition) is 6. The van der Waals surface area contributed by atoms with Gasteiger partial charge in [-0.3, -0.25) is 4.68 Å². The number of rotatable bonds is 6. The summed E-state index contributed by atoms with van der Waals surface area (Å²) in [6.07, 6.45) is 1.95. The van der Waals surface area contributed by atoms with Crippen molar-refractivity contribution in [1.29, 1.82) is 0 Å². The fourth-order valence-corrected chi connectivity index (χ4v) is 1.69. The van der Waals surface area contributed by atoms with Crippen LogP contribution in [0.3, 0.4) is 0 Å². The van der Waals surface area contributed by atoms with Gasteiger partial charge in [-0.2, -0.15) is 10.1 Å². The summed E-state index contributed by atoms with van der Waals surface area (Å²) in [5.74, 6) is 0.195. The molecule has 0 amide bonds. The molecule has 0 saturated heterocycles. The second-order valence-corrected chi connectivity index (χ2v) is 4.10. The van der Waals surface area contributed by atoms with Crippen LogP contribution in [-0.2, 0) is 20.0 Å². The van der Waals surface area contributed by atoms with Crippen molar-refractivity contribution >= 4 is 5.97 Å². The van der Waals surface area contributed by atoms with Crippen molar-refractivity contribution < 1.29 is 14.4 Å². The van der Waals surface area contributed by atoms with Gasteiger partial charge in [-0.05, 0) is 6.92 Å². The molecule has 2 aromatic heterocycles. The fraction of sp³-hybridized carbons (Fsp3) is 0.455. The summed E-state index contributed by atoms with van der Waals surface area (Å²) in [7, 11) is 1.71. The van der Waals surface area contributed by atoms with Crippen molar-refractivity contribution in [3.63, 3.8) is 0 Å². The van der Waals surface area contributed by atoms with Crippen LogP contribution < -0.4 is 5.32 Å². The van der Waals surface area contributed by atoms with E-state index in [1.807, 2.05) is 0 Å². The number of aromatic nitrogens is 4. The second kappa shape index (κ2) is 5.61. The molecule has 0 radical (unpaired) electrons. The molecule has 0 saturated carbocycles. The fourth-order valence-electron chi connectivity index (χ4n) is 1.69. The van der Waals surface area contributed by atoms with Gasteiger partial charge < -0.3 is 14.9 Å². The molecule has 19 heavy (non-hydrogen) atoms. The average molecular weight is 265 g/mol. The zero-order valence-electron chi connectivity index (χ0n) is 10.8. The van der Waals surface area contributed by atoms with Crippen LogP contribution in [-0.4, -0.2) is 37.5 Å². The lowest BCUT2D eigenvalue weighted by atomic mass is 10.2. The molecular formula is C11H15N5O3. The van der Waals surface area contributed by atoms with Gasteiger partial charge in [0.05, 0.1) is 11.9 Å². The lowest BCUT2D eigenvalue weighted by Gasteiger charge is -2.05. The molecule has 102 valence electrons. The molecule has 0 aliphatic carbocycles. The molecule has 0 unspecified atom stereocenters. The Morgan fingerprint density at radius 1 is 1.58 bits per heavy atom. The molecule has 0 aliphatic rings. The van der Waals surface area contributed by atoms with Crippen molar-refractivity contribution in [3.05, 3.63) is 29.2 Å². The van der Waals surface area contributed by atoms with Crippen LogP contribution in [0.15, 0.2) is 10.7 Å². The Hall–Kier alpha value is -2.22. The Morgan fingerprint density at radius 3 is 3.00 bits per heavy atom. The Labute approximate surface area is 109 Å². The molecule has 0 bridgehead atoms. The minimum absolute atomic E-state index is 0.212. The Morgan fingerprint density at radius 2 is 2.37 bits per heavy atom. The Bertz CT molecular complexity index is 575. The van der Waals surface area contributed by atoms with Crippen molar-refractivity contribution in [1.82, 2.24) is 25.2 Å². The predicted molar refractivity (Wildman–Crippen MR) is 64.6 cm³/mol. The predicted octanol–water partition coefficient (Wildman–Crippen LogP) is 0.142. The van der Waals surface area contributed by atoms with Crippen LogP contribution in [0.1, 0.15) is 27.8 Å². The van der Waals surface area contributed by atoms with E-state index < -0.39 is 5.97 Å². The summed E-state index contributed by atoms with van der Waals surface area (Å²) in [4.78, 5) is 15.1. The normalized spacial score (nSPS) is 10.8. The van der Waals surface area contributed by atoms with Gasteiger partial charge in [0, 0.05) is 26.6 Å². The van der Waals surface area contributed by atoms with Crippen LogP contribution in [0, 0.1) is 6.92 Å². The van der Waals surface area contributed by atoms with Crippen LogP contribution in [0.4, 0.5) is 0 Å². The summed E-state index contributed by atoms with van der Waals surface area (Å²) >= 11 is 0. The average Bonchev–Trinajstić information content (AvgIpc) is 2.92. The van der Waals surface area contributed by atoms with E-state index in [9.17, 15) is 4.79 Å². The smallest absolute Gasteiger partial charge is 0.339 e. The van der Waals surface area contributed by atoms with Gasteiger partial charge >= 0.3 is 5.97 Å². The minimum atomic E-state index is -0.975. The Balaban J connectivity index is 1.86. The van der Waals surface area contributed by atoms with Gasteiger partial charge in [0.1, 0.15) is 5.56 Å². The quantitative estimate of drug-likeness (QED) is 0.715. The molecule has 8 nitrogen and oxygen atoms in total. The van der Waals surface area contributed by atoms with E-state index in [4.69, 9.17) is 9.63 Å². The maximum atomic E-state index is 11.0. The van der Waals surface area contributed by atoms with E-state index in [1.54, 1.807) is 18.7 Å². The van der Waals surface area contributed by atoms with Crippen LogP contribution in [0.2, 0.25) is 0 Å². The highest BCUT2D eigenvalue weighted by atomic mass is 16.5. The lowest BCUT2D eigenvalue weighted by Crippen LogP contribution is -2.20. The minimum Gasteiger partial charge on any atom is -0.478 e. The number of aromatic carboxylic acids is 1. The van der Waals surface area contributed by atoms with Crippen molar-refractivity contribution in [2.75, 3.05) is 6.54 Å². The molecule has 0 aliphatic heterocycles. The maximum Gasteiger partial charge on any atom is 0.339 e. The van der Waals surface area contributed by atoms with E-state index in [0.29, 0.717) is 36.9 Å². The van der Waals surface area contributed by atoms with E-state index in [1.165, 1.54) is 6.20 Å². The molecule has 8 heteroatoms. The molecule has 0 fully saturated rings. The van der Waals surface area contributed by atoms with Gasteiger partial charge in [-0.1, -0.05) is 5.16 Å². The van der Waals surface area contributed by atoms with Crippen LogP contribution in [0.25, 0.3) is 0 Å². The number of nitrogens with one attached hydrogen (secondary N) is 1. The number of carboxylic acid groups (broad SMARTS) is 1. The van der Waals surface area contributed by atoms with Crippen LogP contribution in [0.5, 0.6) is 0 Å². The topological polar surface area (TPSA) is 106 Å². The molecule has 2 heterocycles. The largest absolute Gasteiger partial charge is 0.478 e. The summed E-state index contributed by atoms with van der Waals surface area (Å²) in [6, 6.07) is 0. The van der Waals surface area contributed by atoms with Gasteiger partial charge in [0.15, 0.2) is 5.82 Å². The maximum absolute atomic E-state index is 11.0. The van der Waals surface area contributed by atoms with Gasteiger partial charge in [0.25, 0.3) is 0 Å². The molecule has 0 aromatic carbocycles. The molecule has 0 atom stereocenters. The van der Waals surface area contributed by atoms with Crippen LogP contribution >= 0.6 is 0 Å². The number of hydrogen-bond donors (Lipinski definition) is 2. The zero-order chi connectivity index (χ0) is 13.8. The molecule has 2 aromatic rings. The number of aryl methyl sites for hydroxylation is 2. The first-order valence-corrected chi connectivity index (χ1v) is 5.82. The van der Waals surface area contributed by atoms with Gasteiger partial charge in [-0.25, -0.2) is 4.79 Å². The highest BCUT2D eigenvalue weighted by molar-refractivity contribution is 5.88. The first kappa shape index (κ1) is 13.2. The number of carboxylic acids is 1. The van der Waals surface area contributed by atoms with Crippen molar-refractivity contribution in [2.24, 2.45) is 7.05 Å². The van der Waals surface area contributed by atoms with E-state index in [-0.39, 0.29) is 5.56 Å².